The number of carbonyl (C=O) groups is 1. The van der Waals surface area contributed by atoms with Crippen molar-refractivity contribution in [2.45, 2.75) is 6.42 Å². The largest absolute Gasteiger partial charge is 0.491 e. The lowest BCUT2D eigenvalue weighted by Gasteiger charge is -2.09. The molecule has 108 valence electrons. The Morgan fingerprint density at radius 2 is 2.33 bits per heavy atom. The molecule has 1 aromatic carbocycles. The van der Waals surface area contributed by atoms with E-state index < -0.39 is 16.5 Å². The molecule has 0 aliphatic carbocycles. The maximum absolute atomic E-state index is 12.1. The number of nitrogens with zero attached hydrogens (tertiary/aromatic N) is 2. The van der Waals surface area contributed by atoms with Crippen LogP contribution >= 0.6 is 11.6 Å². The molecule has 0 saturated carbocycles. The summed E-state index contributed by atoms with van der Waals surface area (Å²) in [6.07, 6.45) is 1.68. The van der Waals surface area contributed by atoms with E-state index in [-0.39, 0.29) is 5.69 Å². The molecule has 0 unspecified atom stereocenters. The average molecular weight is 309 g/mol. The van der Waals surface area contributed by atoms with Crippen LogP contribution in [0, 0.1) is 10.1 Å². The molecule has 2 N–H and O–H groups in total. The maximum Gasteiger partial charge on any atom is 0.319 e. The van der Waals surface area contributed by atoms with E-state index in [1.807, 2.05) is 0 Å². The molecular formula is C12H9ClN4O4. The Morgan fingerprint density at radius 3 is 3.10 bits per heavy atom. The van der Waals surface area contributed by atoms with Crippen molar-refractivity contribution in [2.75, 3.05) is 11.9 Å². The summed E-state index contributed by atoms with van der Waals surface area (Å²) in [5.41, 5.74) is 0.639. The van der Waals surface area contributed by atoms with Crippen LogP contribution in [-0.4, -0.2) is 27.6 Å². The van der Waals surface area contributed by atoms with Crippen LogP contribution in [0.5, 0.6) is 5.75 Å². The lowest BCUT2D eigenvalue weighted by Crippen LogP contribution is -2.14. The zero-order valence-electron chi connectivity index (χ0n) is 10.6. The molecule has 0 saturated heterocycles. The quantitative estimate of drug-likeness (QED) is 0.667. The fourth-order valence-corrected chi connectivity index (χ4v) is 2.37. The number of aromatic amines is 1. The highest BCUT2D eigenvalue weighted by Gasteiger charge is 2.25. The van der Waals surface area contributed by atoms with Crippen LogP contribution in [0.4, 0.5) is 11.4 Å². The third-order valence-electron chi connectivity index (χ3n) is 3.04. The number of hydrogen-bond donors (Lipinski definition) is 2. The summed E-state index contributed by atoms with van der Waals surface area (Å²) in [6, 6.07) is 3.30. The molecule has 1 aliphatic heterocycles. The summed E-state index contributed by atoms with van der Waals surface area (Å²) in [6.45, 7) is 0.503. The molecule has 0 atom stereocenters. The van der Waals surface area contributed by atoms with Gasteiger partial charge in [-0.05, 0) is 12.1 Å². The number of rotatable bonds is 3. The molecule has 8 nitrogen and oxygen atoms in total. The summed E-state index contributed by atoms with van der Waals surface area (Å²) in [7, 11) is 0. The van der Waals surface area contributed by atoms with E-state index in [0.29, 0.717) is 29.5 Å². The number of carbonyl (C=O) groups excluding carboxylic acids is 1. The number of amides is 1. The van der Waals surface area contributed by atoms with E-state index in [1.165, 1.54) is 6.07 Å². The van der Waals surface area contributed by atoms with Crippen LogP contribution in [0.1, 0.15) is 16.1 Å². The van der Waals surface area contributed by atoms with Gasteiger partial charge in [-0.3, -0.25) is 20.0 Å². The summed E-state index contributed by atoms with van der Waals surface area (Å²) < 4.78 is 5.45. The minimum absolute atomic E-state index is 0.230. The van der Waals surface area contributed by atoms with E-state index >= 15 is 0 Å². The third-order valence-corrected chi connectivity index (χ3v) is 3.26. The van der Waals surface area contributed by atoms with Gasteiger partial charge in [0.15, 0.2) is 0 Å². The van der Waals surface area contributed by atoms with E-state index in [1.54, 1.807) is 6.07 Å². The predicted molar refractivity (Wildman–Crippen MR) is 73.8 cm³/mol. The number of halogens is 1. The van der Waals surface area contributed by atoms with Gasteiger partial charge in [-0.2, -0.15) is 5.10 Å². The van der Waals surface area contributed by atoms with Gasteiger partial charge in [0.25, 0.3) is 5.91 Å². The van der Waals surface area contributed by atoms with Crippen molar-refractivity contribution in [2.24, 2.45) is 0 Å². The fraction of sp³-hybridized carbons (Fsp3) is 0.167. The van der Waals surface area contributed by atoms with Gasteiger partial charge in [-0.15, -0.1) is 0 Å². The van der Waals surface area contributed by atoms with Gasteiger partial charge in [-0.25, -0.2) is 0 Å². The van der Waals surface area contributed by atoms with Gasteiger partial charge in [0, 0.05) is 17.0 Å². The molecule has 1 amide bonds. The number of benzene rings is 1. The molecule has 0 fully saturated rings. The maximum atomic E-state index is 12.1. The van der Waals surface area contributed by atoms with E-state index in [9.17, 15) is 14.9 Å². The minimum Gasteiger partial charge on any atom is -0.491 e. The van der Waals surface area contributed by atoms with Crippen LogP contribution in [0.2, 0.25) is 5.02 Å². The Kier molecular flexibility index (Phi) is 3.22. The summed E-state index contributed by atoms with van der Waals surface area (Å²) >= 11 is 5.98. The van der Waals surface area contributed by atoms with Gasteiger partial charge < -0.3 is 10.1 Å². The first-order valence-electron chi connectivity index (χ1n) is 6.00. The van der Waals surface area contributed by atoms with Gasteiger partial charge in [0.1, 0.15) is 11.9 Å². The van der Waals surface area contributed by atoms with Crippen LogP contribution in [0.15, 0.2) is 18.3 Å². The highest BCUT2D eigenvalue weighted by molar-refractivity contribution is 6.31. The van der Waals surface area contributed by atoms with Gasteiger partial charge >= 0.3 is 5.69 Å². The number of fused-ring (bicyclic) bond motifs is 1. The van der Waals surface area contributed by atoms with E-state index in [0.717, 1.165) is 11.8 Å². The van der Waals surface area contributed by atoms with Crippen molar-refractivity contribution in [3.63, 3.8) is 0 Å². The molecule has 0 radical (unpaired) electrons. The number of anilines is 1. The SMILES string of the molecule is O=C(Nc1cc(Cl)cc2c1OCC2)c1[nH]ncc1[N+](=O)[O-]. The average Bonchev–Trinajstić information content (AvgIpc) is 3.06. The lowest BCUT2D eigenvalue weighted by molar-refractivity contribution is -0.385. The summed E-state index contributed by atoms with van der Waals surface area (Å²) in [5.74, 6) is -0.144. The van der Waals surface area contributed by atoms with Crippen molar-refractivity contribution in [1.29, 1.82) is 0 Å². The molecule has 0 spiro atoms. The zero-order valence-corrected chi connectivity index (χ0v) is 11.3. The predicted octanol–water partition coefficient (Wildman–Crippen LogP) is 2.16. The van der Waals surface area contributed by atoms with Gasteiger partial charge in [0.2, 0.25) is 5.69 Å². The van der Waals surface area contributed by atoms with Crippen molar-refractivity contribution in [3.8, 4) is 5.75 Å². The minimum atomic E-state index is -0.683. The molecule has 2 aromatic rings. The van der Waals surface area contributed by atoms with Gasteiger partial charge in [0.05, 0.1) is 17.2 Å². The van der Waals surface area contributed by atoms with E-state index in [2.05, 4.69) is 15.5 Å². The topological polar surface area (TPSA) is 110 Å². The first-order chi connectivity index (χ1) is 10.1. The van der Waals surface area contributed by atoms with Crippen molar-refractivity contribution in [1.82, 2.24) is 10.2 Å². The normalized spacial score (nSPS) is 12.6. The smallest absolute Gasteiger partial charge is 0.319 e. The van der Waals surface area contributed by atoms with Crippen molar-refractivity contribution < 1.29 is 14.5 Å². The second kappa shape index (κ2) is 5.06. The van der Waals surface area contributed by atoms with Crippen molar-refractivity contribution in [3.05, 3.63) is 44.7 Å². The Morgan fingerprint density at radius 1 is 1.52 bits per heavy atom. The third kappa shape index (κ3) is 2.40. The standard InChI is InChI=1S/C12H9ClN4O4/c13-7-3-6-1-2-21-11(6)8(4-7)15-12(18)10-9(17(19)20)5-14-16-10/h3-5H,1-2H2,(H,14,16)(H,15,18). The highest BCUT2D eigenvalue weighted by Crippen LogP contribution is 2.37. The van der Waals surface area contributed by atoms with Crippen LogP contribution in [0.3, 0.4) is 0 Å². The lowest BCUT2D eigenvalue weighted by atomic mass is 10.1. The summed E-state index contributed by atoms with van der Waals surface area (Å²) in [4.78, 5) is 22.2. The van der Waals surface area contributed by atoms with E-state index in [4.69, 9.17) is 16.3 Å². The fourth-order valence-electron chi connectivity index (χ4n) is 2.13. The van der Waals surface area contributed by atoms with Crippen molar-refractivity contribution >= 4 is 28.9 Å². The highest BCUT2D eigenvalue weighted by atomic mass is 35.5. The Bertz CT molecular complexity index is 743. The number of hydrogen-bond acceptors (Lipinski definition) is 5. The molecule has 1 aromatic heterocycles. The molecule has 1 aliphatic rings. The van der Waals surface area contributed by atoms with Crippen LogP contribution in [0.25, 0.3) is 0 Å². The van der Waals surface area contributed by atoms with Crippen LogP contribution < -0.4 is 10.1 Å². The Labute approximate surface area is 123 Å². The molecule has 3 rings (SSSR count). The number of nitro groups is 1. The monoisotopic (exact) mass is 308 g/mol. The molecule has 21 heavy (non-hydrogen) atoms. The first kappa shape index (κ1) is 13.4. The number of nitrogens with one attached hydrogen (secondary N) is 2. The first-order valence-corrected chi connectivity index (χ1v) is 6.38. The molecular weight excluding hydrogens is 300 g/mol. The number of ether oxygens (including phenoxy) is 1. The Balaban J connectivity index is 1.92. The number of H-pyrrole nitrogens is 1. The zero-order chi connectivity index (χ0) is 15.0. The number of aromatic nitrogens is 2. The second-order valence-corrected chi connectivity index (χ2v) is 4.82. The second-order valence-electron chi connectivity index (χ2n) is 4.38. The molecule has 2 heterocycles. The van der Waals surface area contributed by atoms with Gasteiger partial charge in [-0.1, -0.05) is 11.6 Å². The van der Waals surface area contributed by atoms with Crippen LogP contribution in [-0.2, 0) is 6.42 Å². The molecule has 0 bridgehead atoms. The summed E-state index contributed by atoms with van der Waals surface area (Å²) in [5, 5.41) is 19.6. The molecule has 9 heteroatoms. The Hall–Kier alpha value is -2.61.